The van der Waals surface area contributed by atoms with Gasteiger partial charge >= 0.3 is 0 Å². The summed E-state index contributed by atoms with van der Waals surface area (Å²) in [5.74, 6) is 0.583. The number of hydrogen-bond acceptors (Lipinski definition) is 6. The molecule has 6 nitrogen and oxygen atoms in total. The highest BCUT2D eigenvalue weighted by molar-refractivity contribution is 8.15. The molecule has 4 rings (SSSR count). The summed E-state index contributed by atoms with van der Waals surface area (Å²) >= 11 is 7.21. The van der Waals surface area contributed by atoms with Crippen LogP contribution in [0.5, 0.6) is 5.75 Å². The van der Waals surface area contributed by atoms with Crippen LogP contribution >= 0.6 is 23.4 Å². The van der Waals surface area contributed by atoms with E-state index in [9.17, 15) is 9.59 Å². The third kappa shape index (κ3) is 5.84. The second kappa shape index (κ2) is 10.7. The van der Waals surface area contributed by atoms with E-state index in [1.807, 2.05) is 42.5 Å². The zero-order valence-electron chi connectivity index (χ0n) is 18.0. The number of imide groups is 1. The minimum absolute atomic E-state index is 0.00771. The predicted molar refractivity (Wildman–Crippen MR) is 126 cm³/mol. The van der Waals surface area contributed by atoms with Gasteiger partial charge in [-0.05, 0) is 48.2 Å². The first-order chi connectivity index (χ1) is 15.5. The fourth-order valence-electron chi connectivity index (χ4n) is 4.05. The minimum atomic E-state index is -0.354. The van der Waals surface area contributed by atoms with Crippen molar-refractivity contribution >= 4 is 34.5 Å². The zero-order chi connectivity index (χ0) is 22.5. The Bertz CT molecular complexity index is 955. The largest absolute Gasteiger partial charge is 0.492 e. The lowest BCUT2D eigenvalue weighted by molar-refractivity contribution is -0.118. The SMILES string of the molecule is CCC(COc1ccc(CC2SC(=O)NC2=O)cc1)N1CCOC(c2cccc(Cl)c2)C1. The second-order valence-electron chi connectivity index (χ2n) is 8.01. The molecule has 1 N–H and O–H groups in total. The normalized spacial score (nSPS) is 22.6. The van der Waals surface area contributed by atoms with Crippen LogP contribution in [0.4, 0.5) is 4.79 Å². The van der Waals surface area contributed by atoms with E-state index in [-0.39, 0.29) is 28.5 Å². The molecule has 2 heterocycles. The Morgan fingerprint density at radius 2 is 2.06 bits per heavy atom. The number of thioether (sulfide) groups is 1. The van der Waals surface area contributed by atoms with Crippen LogP contribution in [0.3, 0.4) is 0 Å². The standard InChI is InChI=1S/C24H27ClN2O4S/c1-2-19(27-10-11-30-21(14-27)17-4-3-5-18(25)13-17)15-31-20-8-6-16(7-9-20)12-22-23(28)26-24(29)32-22/h3-9,13,19,21-22H,2,10-12,14-15H2,1H3,(H,26,28,29). The van der Waals surface area contributed by atoms with Gasteiger partial charge in [0.2, 0.25) is 5.91 Å². The smallest absolute Gasteiger partial charge is 0.286 e. The molecule has 8 heteroatoms. The highest BCUT2D eigenvalue weighted by Crippen LogP contribution is 2.27. The highest BCUT2D eigenvalue weighted by atomic mass is 35.5. The maximum atomic E-state index is 11.7. The van der Waals surface area contributed by atoms with Gasteiger partial charge in [0.25, 0.3) is 5.24 Å². The van der Waals surface area contributed by atoms with Crippen molar-refractivity contribution in [3.05, 3.63) is 64.7 Å². The Hall–Kier alpha value is -2.06. The van der Waals surface area contributed by atoms with Crippen LogP contribution in [0.1, 0.15) is 30.6 Å². The number of nitrogens with one attached hydrogen (secondary N) is 1. The van der Waals surface area contributed by atoms with Crippen LogP contribution in [-0.2, 0) is 16.0 Å². The number of carbonyl (C=O) groups excluding carboxylic acids is 2. The number of halogens is 1. The monoisotopic (exact) mass is 474 g/mol. The van der Waals surface area contributed by atoms with Crippen LogP contribution < -0.4 is 10.1 Å². The van der Waals surface area contributed by atoms with E-state index in [1.54, 1.807) is 0 Å². The number of benzene rings is 2. The van der Waals surface area contributed by atoms with Crippen LogP contribution in [0.2, 0.25) is 5.02 Å². The first-order valence-electron chi connectivity index (χ1n) is 10.9. The molecule has 0 bridgehead atoms. The molecule has 0 saturated carbocycles. The fraction of sp³-hybridized carbons (Fsp3) is 0.417. The lowest BCUT2D eigenvalue weighted by Crippen LogP contribution is -2.47. The van der Waals surface area contributed by atoms with Gasteiger partial charge in [-0.1, -0.05) is 54.6 Å². The molecule has 3 unspecified atom stereocenters. The lowest BCUT2D eigenvalue weighted by Gasteiger charge is -2.38. The van der Waals surface area contributed by atoms with Crippen molar-refractivity contribution in [2.45, 2.75) is 37.2 Å². The van der Waals surface area contributed by atoms with Crippen molar-refractivity contribution in [1.29, 1.82) is 0 Å². The third-order valence-corrected chi connectivity index (χ3v) is 7.08. The van der Waals surface area contributed by atoms with Gasteiger partial charge < -0.3 is 9.47 Å². The molecule has 170 valence electrons. The molecular weight excluding hydrogens is 448 g/mol. The second-order valence-corrected chi connectivity index (χ2v) is 9.63. The predicted octanol–water partition coefficient (Wildman–Crippen LogP) is 4.47. The Morgan fingerprint density at radius 3 is 2.75 bits per heavy atom. The van der Waals surface area contributed by atoms with Gasteiger partial charge in [0.05, 0.1) is 18.0 Å². The van der Waals surface area contributed by atoms with Crippen LogP contribution in [-0.4, -0.2) is 53.6 Å². The molecule has 0 aliphatic carbocycles. The third-order valence-electron chi connectivity index (χ3n) is 5.86. The maximum absolute atomic E-state index is 11.7. The van der Waals surface area contributed by atoms with E-state index in [2.05, 4.69) is 23.2 Å². The number of ether oxygens (including phenoxy) is 2. The van der Waals surface area contributed by atoms with E-state index >= 15 is 0 Å². The molecule has 2 aliphatic heterocycles. The Morgan fingerprint density at radius 1 is 1.25 bits per heavy atom. The number of amides is 2. The zero-order valence-corrected chi connectivity index (χ0v) is 19.5. The van der Waals surface area contributed by atoms with Crippen molar-refractivity contribution in [1.82, 2.24) is 10.2 Å². The van der Waals surface area contributed by atoms with Crippen molar-refractivity contribution < 1.29 is 19.1 Å². The minimum Gasteiger partial charge on any atom is -0.492 e. The van der Waals surface area contributed by atoms with Gasteiger partial charge in [-0.25, -0.2) is 0 Å². The number of carbonyl (C=O) groups is 2. The molecule has 32 heavy (non-hydrogen) atoms. The summed E-state index contributed by atoms with van der Waals surface area (Å²) < 4.78 is 12.1. The van der Waals surface area contributed by atoms with Crippen LogP contribution in [0.25, 0.3) is 0 Å². The molecular formula is C24H27ClN2O4S. The summed E-state index contributed by atoms with van der Waals surface area (Å²) in [5.41, 5.74) is 2.11. The van der Waals surface area contributed by atoms with Crippen molar-refractivity contribution in [3.63, 3.8) is 0 Å². The van der Waals surface area contributed by atoms with Gasteiger partial charge in [-0.3, -0.25) is 19.8 Å². The lowest BCUT2D eigenvalue weighted by atomic mass is 10.1. The summed E-state index contributed by atoms with van der Waals surface area (Å²) in [4.78, 5) is 25.5. The van der Waals surface area contributed by atoms with Gasteiger partial charge in [0.1, 0.15) is 12.4 Å². The molecule has 0 aromatic heterocycles. The summed E-state index contributed by atoms with van der Waals surface area (Å²) in [6.45, 7) is 5.12. The van der Waals surface area contributed by atoms with Crippen molar-refractivity contribution in [3.8, 4) is 5.75 Å². The molecule has 0 spiro atoms. The van der Waals surface area contributed by atoms with Gasteiger partial charge in [-0.2, -0.15) is 0 Å². The van der Waals surface area contributed by atoms with Crippen molar-refractivity contribution in [2.24, 2.45) is 0 Å². The van der Waals surface area contributed by atoms with Crippen molar-refractivity contribution in [2.75, 3.05) is 26.3 Å². The first kappa shape index (κ1) is 23.1. The number of nitrogens with zero attached hydrogens (tertiary/aromatic N) is 1. The summed E-state index contributed by atoms with van der Waals surface area (Å²) in [6.07, 6.45) is 1.51. The molecule has 0 radical (unpaired) electrons. The molecule has 2 fully saturated rings. The number of rotatable bonds is 8. The summed E-state index contributed by atoms with van der Waals surface area (Å²) in [7, 11) is 0. The van der Waals surface area contributed by atoms with E-state index in [1.165, 1.54) is 0 Å². The molecule has 2 aliphatic rings. The van der Waals surface area contributed by atoms with Crippen LogP contribution in [0.15, 0.2) is 48.5 Å². The quantitative estimate of drug-likeness (QED) is 0.609. The van der Waals surface area contributed by atoms with E-state index in [0.29, 0.717) is 19.6 Å². The van der Waals surface area contributed by atoms with Crippen LogP contribution in [0, 0.1) is 0 Å². The van der Waals surface area contributed by atoms with E-state index in [4.69, 9.17) is 21.1 Å². The van der Waals surface area contributed by atoms with Gasteiger partial charge in [0, 0.05) is 24.2 Å². The number of morpholine rings is 1. The van der Waals surface area contributed by atoms with E-state index in [0.717, 1.165) is 53.2 Å². The average Bonchev–Trinajstić information content (AvgIpc) is 3.12. The molecule has 2 aromatic carbocycles. The number of hydrogen-bond donors (Lipinski definition) is 1. The average molecular weight is 475 g/mol. The first-order valence-corrected chi connectivity index (χ1v) is 12.1. The molecule has 2 saturated heterocycles. The summed E-state index contributed by atoms with van der Waals surface area (Å²) in [5, 5.41) is 2.42. The molecule has 3 atom stereocenters. The Kier molecular flexibility index (Phi) is 7.73. The van der Waals surface area contributed by atoms with Gasteiger partial charge in [0.15, 0.2) is 0 Å². The fourth-order valence-corrected chi connectivity index (χ4v) is 5.11. The maximum Gasteiger partial charge on any atom is 0.286 e. The molecule has 2 aromatic rings. The van der Waals surface area contributed by atoms with Gasteiger partial charge in [-0.15, -0.1) is 0 Å². The Labute approximate surface area is 197 Å². The highest BCUT2D eigenvalue weighted by Gasteiger charge is 2.31. The van der Waals surface area contributed by atoms with E-state index < -0.39 is 0 Å². The summed E-state index contributed by atoms with van der Waals surface area (Å²) in [6, 6.07) is 15.9. The topological polar surface area (TPSA) is 67.9 Å². The Balaban J connectivity index is 1.31. The molecule has 2 amide bonds.